The molecule has 0 fully saturated rings. The molecule has 4 aromatic rings. The molecule has 25 heavy (non-hydrogen) atoms. The summed E-state index contributed by atoms with van der Waals surface area (Å²) < 4.78 is 0. The zero-order valence-electron chi connectivity index (χ0n) is 13.1. The van der Waals surface area contributed by atoms with E-state index < -0.39 is 0 Å². The van der Waals surface area contributed by atoms with E-state index in [4.69, 9.17) is 11.6 Å². The Balaban J connectivity index is 1.82. The predicted molar refractivity (Wildman–Crippen MR) is 97.7 cm³/mol. The molecule has 0 atom stereocenters. The van der Waals surface area contributed by atoms with Crippen LogP contribution in [0.2, 0.25) is 5.02 Å². The van der Waals surface area contributed by atoms with Crippen molar-refractivity contribution in [1.29, 1.82) is 0 Å². The lowest BCUT2D eigenvalue weighted by Crippen LogP contribution is -2.05. The molecule has 4 nitrogen and oxygen atoms in total. The maximum Gasteiger partial charge on any atom is 0.193 e. The van der Waals surface area contributed by atoms with Gasteiger partial charge < -0.3 is 0 Å². The van der Waals surface area contributed by atoms with Crippen LogP contribution in [-0.2, 0) is 0 Å². The van der Waals surface area contributed by atoms with Crippen molar-refractivity contribution in [2.45, 2.75) is 0 Å². The van der Waals surface area contributed by atoms with Crippen LogP contribution in [0.1, 0.15) is 15.9 Å². The standard InChI is InChI=1S/C20H12ClN3O/c21-14-11-9-13(10-12-14)19(25)15-5-1-2-6-16(15)20-22-17-7-3-4-8-18(17)23-24-20/h1-12H. The summed E-state index contributed by atoms with van der Waals surface area (Å²) in [6, 6.07) is 21.6. The molecule has 0 saturated carbocycles. The number of halogens is 1. The van der Waals surface area contributed by atoms with E-state index in [0.717, 1.165) is 5.52 Å². The summed E-state index contributed by atoms with van der Waals surface area (Å²) in [7, 11) is 0. The molecule has 0 amide bonds. The highest BCUT2D eigenvalue weighted by atomic mass is 35.5. The smallest absolute Gasteiger partial charge is 0.193 e. The Hall–Kier alpha value is -3.11. The average Bonchev–Trinajstić information content (AvgIpc) is 2.67. The molecule has 1 aromatic heterocycles. The summed E-state index contributed by atoms with van der Waals surface area (Å²) in [5.74, 6) is 0.320. The molecule has 0 unspecified atom stereocenters. The van der Waals surface area contributed by atoms with E-state index in [1.54, 1.807) is 30.3 Å². The predicted octanol–water partition coefficient (Wildman–Crippen LogP) is 4.58. The van der Waals surface area contributed by atoms with Crippen molar-refractivity contribution in [3.63, 3.8) is 0 Å². The van der Waals surface area contributed by atoms with Gasteiger partial charge in [-0.2, -0.15) is 0 Å². The number of aromatic nitrogens is 3. The van der Waals surface area contributed by atoms with Crippen LogP contribution in [0.3, 0.4) is 0 Å². The Morgan fingerprint density at radius 3 is 2.24 bits per heavy atom. The Labute approximate surface area is 149 Å². The number of benzene rings is 3. The number of para-hydroxylation sites is 1. The first-order valence-electron chi connectivity index (χ1n) is 7.71. The largest absolute Gasteiger partial charge is 0.289 e. The van der Waals surface area contributed by atoms with Gasteiger partial charge in [-0.3, -0.25) is 4.79 Å². The Bertz CT molecular complexity index is 1080. The van der Waals surface area contributed by atoms with Crippen LogP contribution in [0.15, 0.2) is 72.8 Å². The first-order chi connectivity index (χ1) is 12.2. The minimum absolute atomic E-state index is 0.107. The molecule has 0 spiro atoms. The van der Waals surface area contributed by atoms with Crippen molar-refractivity contribution in [3.05, 3.63) is 88.9 Å². The van der Waals surface area contributed by atoms with E-state index >= 15 is 0 Å². The van der Waals surface area contributed by atoms with Gasteiger partial charge >= 0.3 is 0 Å². The highest BCUT2D eigenvalue weighted by molar-refractivity contribution is 6.30. The number of ketones is 1. The van der Waals surface area contributed by atoms with Crippen LogP contribution in [0.25, 0.3) is 22.4 Å². The molecule has 1 heterocycles. The van der Waals surface area contributed by atoms with Crippen molar-refractivity contribution in [2.24, 2.45) is 0 Å². The maximum atomic E-state index is 12.9. The van der Waals surface area contributed by atoms with Crippen LogP contribution < -0.4 is 0 Å². The Morgan fingerprint density at radius 1 is 0.760 bits per heavy atom. The summed E-state index contributed by atoms with van der Waals surface area (Å²) in [5.41, 5.74) is 3.20. The molecule has 4 rings (SSSR count). The van der Waals surface area contributed by atoms with Crippen LogP contribution in [0.5, 0.6) is 0 Å². The monoisotopic (exact) mass is 345 g/mol. The molecule has 0 aliphatic heterocycles. The third kappa shape index (κ3) is 2.99. The fourth-order valence-electron chi connectivity index (χ4n) is 2.63. The topological polar surface area (TPSA) is 55.7 Å². The Kier molecular flexibility index (Phi) is 3.96. The van der Waals surface area contributed by atoms with Crippen LogP contribution in [0.4, 0.5) is 0 Å². The summed E-state index contributed by atoms with van der Waals surface area (Å²) in [5, 5.41) is 8.98. The quantitative estimate of drug-likeness (QED) is 0.510. The Morgan fingerprint density at radius 2 is 1.44 bits per heavy atom. The second kappa shape index (κ2) is 6.42. The van der Waals surface area contributed by atoms with Gasteiger partial charge in [0, 0.05) is 21.7 Å². The number of rotatable bonds is 3. The zero-order chi connectivity index (χ0) is 17.2. The molecular formula is C20H12ClN3O. The van der Waals surface area contributed by atoms with Gasteiger partial charge in [0.1, 0.15) is 5.52 Å². The van der Waals surface area contributed by atoms with Crippen LogP contribution >= 0.6 is 11.6 Å². The molecular weight excluding hydrogens is 334 g/mol. The van der Waals surface area contributed by atoms with Gasteiger partial charge in [-0.15, -0.1) is 10.2 Å². The third-order valence-electron chi connectivity index (χ3n) is 3.88. The lowest BCUT2D eigenvalue weighted by atomic mass is 9.98. The van der Waals surface area contributed by atoms with Crippen molar-refractivity contribution in [1.82, 2.24) is 15.2 Å². The van der Waals surface area contributed by atoms with Crippen molar-refractivity contribution >= 4 is 28.4 Å². The molecule has 0 aliphatic carbocycles. The first-order valence-corrected chi connectivity index (χ1v) is 8.09. The van der Waals surface area contributed by atoms with Crippen molar-refractivity contribution in [3.8, 4) is 11.4 Å². The second-order valence-electron chi connectivity index (χ2n) is 5.51. The van der Waals surface area contributed by atoms with Gasteiger partial charge in [-0.1, -0.05) is 48.0 Å². The van der Waals surface area contributed by atoms with Gasteiger partial charge in [0.05, 0.1) is 5.52 Å². The van der Waals surface area contributed by atoms with Crippen LogP contribution in [-0.4, -0.2) is 21.0 Å². The highest BCUT2D eigenvalue weighted by Gasteiger charge is 2.16. The fraction of sp³-hybridized carbons (Fsp3) is 0. The van der Waals surface area contributed by atoms with Crippen molar-refractivity contribution < 1.29 is 4.79 Å². The number of fused-ring (bicyclic) bond motifs is 1. The van der Waals surface area contributed by atoms with Gasteiger partial charge in [-0.05, 0) is 36.4 Å². The molecule has 0 aliphatic rings. The van der Waals surface area contributed by atoms with E-state index in [-0.39, 0.29) is 5.78 Å². The maximum absolute atomic E-state index is 12.9. The summed E-state index contributed by atoms with van der Waals surface area (Å²) in [6.45, 7) is 0. The van der Waals surface area contributed by atoms with Gasteiger partial charge in [0.15, 0.2) is 11.6 Å². The van der Waals surface area contributed by atoms with E-state index in [9.17, 15) is 4.79 Å². The number of carbonyl (C=O) groups is 1. The van der Waals surface area contributed by atoms with Gasteiger partial charge in [0.25, 0.3) is 0 Å². The SMILES string of the molecule is O=C(c1ccc(Cl)cc1)c1ccccc1-c1nnc2ccccc2n1. The molecule has 0 bridgehead atoms. The molecule has 0 radical (unpaired) electrons. The van der Waals surface area contributed by atoms with Crippen LogP contribution in [0, 0.1) is 0 Å². The minimum atomic E-state index is -0.107. The lowest BCUT2D eigenvalue weighted by Gasteiger charge is -2.08. The molecule has 0 N–H and O–H groups in total. The minimum Gasteiger partial charge on any atom is -0.289 e. The highest BCUT2D eigenvalue weighted by Crippen LogP contribution is 2.24. The van der Waals surface area contributed by atoms with Gasteiger partial charge in [0.2, 0.25) is 0 Å². The zero-order valence-corrected chi connectivity index (χ0v) is 13.8. The lowest BCUT2D eigenvalue weighted by molar-refractivity contribution is 0.103. The summed E-state index contributed by atoms with van der Waals surface area (Å²) in [6.07, 6.45) is 0. The second-order valence-corrected chi connectivity index (χ2v) is 5.94. The summed E-state index contributed by atoms with van der Waals surface area (Å²) in [4.78, 5) is 17.4. The molecule has 0 saturated heterocycles. The first kappa shape index (κ1) is 15.4. The third-order valence-corrected chi connectivity index (χ3v) is 4.13. The normalized spacial score (nSPS) is 10.8. The van der Waals surface area contributed by atoms with E-state index in [1.165, 1.54) is 0 Å². The number of carbonyl (C=O) groups excluding carboxylic acids is 1. The fourth-order valence-corrected chi connectivity index (χ4v) is 2.75. The van der Waals surface area contributed by atoms with E-state index in [1.807, 2.05) is 42.5 Å². The summed E-state index contributed by atoms with van der Waals surface area (Å²) >= 11 is 5.91. The van der Waals surface area contributed by atoms with E-state index in [2.05, 4.69) is 15.2 Å². The molecule has 3 aromatic carbocycles. The number of hydrogen-bond acceptors (Lipinski definition) is 4. The van der Waals surface area contributed by atoms with E-state index in [0.29, 0.717) is 33.1 Å². The average molecular weight is 346 g/mol. The van der Waals surface area contributed by atoms with Gasteiger partial charge in [-0.25, -0.2) is 4.98 Å². The molecule has 120 valence electrons. The number of nitrogens with zero attached hydrogens (tertiary/aromatic N) is 3. The number of hydrogen-bond donors (Lipinski definition) is 0. The van der Waals surface area contributed by atoms with Crippen molar-refractivity contribution in [2.75, 3.05) is 0 Å². The molecule has 5 heteroatoms.